The zero-order valence-corrected chi connectivity index (χ0v) is 23.3. The number of benzene rings is 6. The van der Waals surface area contributed by atoms with Gasteiger partial charge in [-0.05, 0) is 98.4 Å². The summed E-state index contributed by atoms with van der Waals surface area (Å²) in [6, 6.07) is 53.6. The molecule has 1 aliphatic rings. The molecule has 0 unspecified atom stereocenters. The fourth-order valence-corrected chi connectivity index (χ4v) is 7.13. The minimum atomic E-state index is -0.394. The molecule has 0 radical (unpaired) electrons. The van der Waals surface area contributed by atoms with Gasteiger partial charge in [-0.3, -0.25) is 0 Å². The molecule has 7 aromatic rings. The summed E-state index contributed by atoms with van der Waals surface area (Å²) in [5.41, 5.74) is 11.2. The maximum atomic E-state index is 2.48. The molecule has 0 spiro atoms. The van der Waals surface area contributed by atoms with Crippen molar-refractivity contribution in [3.05, 3.63) is 171 Å². The molecule has 2 heteroatoms. The monoisotopic (exact) mass is 609 g/mol. The highest BCUT2D eigenvalue weighted by Crippen LogP contribution is 2.57. The molecule has 1 aromatic heterocycles. The molecule has 1 aliphatic carbocycles. The van der Waals surface area contributed by atoms with Gasteiger partial charge >= 0.3 is 0 Å². The Bertz CT molecular complexity index is 1960. The molecule has 0 saturated heterocycles. The van der Waals surface area contributed by atoms with Gasteiger partial charge in [0.05, 0.1) is 16.4 Å². The number of rotatable bonds is 3. The van der Waals surface area contributed by atoms with Crippen LogP contribution < -0.4 is 0 Å². The van der Waals surface area contributed by atoms with E-state index in [1.54, 1.807) is 0 Å². The third-order valence-electron chi connectivity index (χ3n) is 8.34. The summed E-state index contributed by atoms with van der Waals surface area (Å²) < 4.78 is 3.66. The molecular formula is C37H24IN. The van der Waals surface area contributed by atoms with Gasteiger partial charge < -0.3 is 4.57 Å². The molecule has 6 aromatic carbocycles. The summed E-state index contributed by atoms with van der Waals surface area (Å²) in [5, 5.41) is 2.56. The summed E-state index contributed by atoms with van der Waals surface area (Å²) in [5.74, 6) is 0. The first-order chi connectivity index (χ1) is 19.3. The lowest BCUT2D eigenvalue weighted by molar-refractivity contribution is 0.769. The Morgan fingerprint density at radius 2 is 1.08 bits per heavy atom. The van der Waals surface area contributed by atoms with Gasteiger partial charge in [-0.1, -0.05) is 103 Å². The predicted octanol–water partition coefficient (Wildman–Crippen LogP) is 9.75. The van der Waals surface area contributed by atoms with Crippen LogP contribution in [-0.2, 0) is 5.41 Å². The van der Waals surface area contributed by atoms with Gasteiger partial charge in [-0.2, -0.15) is 0 Å². The number of para-hydroxylation sites is 1. The van der Waals surface area contributed by atoms with Gasteiger partial charge in [-0.15, -0.1) is 0 Å². The molecule has 0 atom stereocenters. The fourth-order valence-electron chi connectivity index (χ4n) is 6.77. The van der Waals surface area contributed by atoms with Crippen molar-refractivity contribution in [2.24, 2.45) is 0 Å². The van der Waals surface area contributed by atoms with Gasteiger partial charge in [0.25, 0.3) is 0 Å². The van der Waals surface area contributed by atoms with Crippen LogP contribution in [0.1, 0.15) is 22.3 Å². The Balaban J connectivity index is 1.56. The van der Waals surface area contributed by atoms with E-state index in [2.05, 4.69) is 173 Å². The van der Waals surface area contributed by atoms with E-state index in [0.29, 0.717) is 0 Å². The Morgan fingerprint density at radius 1 is 0.462 bits per heavy atom. The third-order valence-corrected chi connectivity index (χ3v) is 9.05. The van der Waals surface area contributed by atoms with E-state index in [0.717, 1.165) is 0 Å². The fraction of sp³-hybridized carbons (Fsp3) is 0.0270. The van der Waals surface area contributed by atoms with E-state index in [4.69, 9.17) is 0 Å². The molecule has 39 heavy (non-hydrogen) atoms. The first kappa shape index (κ1) is 22.8. The highest BCUT2D eigenvalue weighted by atomic mass is 127. The highest BCUT2D eigenvalue weighted by molar-refractivity contribution is 14.1. The standard InChI is InChI=1S/C37H24IN/c38-27-19-21-28(22-20-27)39-35-18-10-8-16-30(35)32-23-34-31(24-36(32)39)29-15-7-9-17-33(29)37(34,25-11-3-1-4-12-25)26-13-5-2-6-14-26/h1-24H. The number of fused-ring (bicyclic) bond motifs is 6. The molecule has 0 amide bonds. The lowest BCUT2D eigenvalue weighted by atomic mass is 9.67. The van der Waals surface area contributed by atoms with Crippen molar-refractivity contribution in [2.45, 2.75) is 5.41 Å². The number of hydrogen-bond donors (Lipinski definition) is 0. The highest BCUT2D eigenvalue weighted by Gasteiger charge is 2.46. The lowest BCUT2D eigenvalue weighted by Gasteiger charge is -2.33. The second-order valence-corrected chi connectivity index (χ2v) is 11.5. The van der Waals surface area contributed by atoms with Crippen LogP contribution >= 0.6 is 22.6 Å². The van der Waals surface area contributed by atoms with Crippen molar-refractivity contribution in [3.8, 4) is 16.8 Å². The van der Waals surface area contributed by atoms with Crippen LogP contribution in [0.4, 0.5) is 0 Å². The Hall–Kier alpha value is -4.15. The molecule has 0 N–H and O–H groups in total. The van der Waals surface area contributed by atoms with Crippen molar-refractivity contribution in [3.63, 3.8) is 0 Å². The number of nitrogens with zero attached hydrogens (tertiary/aromatic N) is 1. The minimum absolute atomic E-state index is 0.394. The molecule has 0 bridgehead atoms. The smallest absolute Gasteiger partial charge is 0.0713 e. The molecule has 1 heterocycles. The molecule has 1 nitrogen and oxygen atoms in total. The summed E-state index contributed by atoms with van der Waals surface area (Å²) in [6.07, 6.45) is 0. The van der Waals surface area contributed by atoms with Crippen LogP contribution in [0.5, 0.6) is 0 Å². The van der Waals surface area contributed by atoms with Gasteiger partial charge in [0.2, 0.25) is 0 Å². The second kappa shape index (κ2) is 8.69. The Labute approximate surface area is 241 Å². The predicted molar refractivity (Wildman–Crippen MR) is 171 cm³/mol. The molecule has 0 aliphatic heterocycles. The van der Waals surface area contributed by atoms with Crippen molar-refractivity contribution in [2.75, 3.05) is 0 Å². The summed E-state index contributed by atoms with van der Waals surface area (Å²) in [6.45, 7) is 0. The number of halogens is 1. The maximum Gasteiger partial charge on any atom is 0.0713 e. The number of aromatic nitrogens is 1. The molecule has 8 rings (SSSR count). The lowest BCUT2D eigenvalue weighted by Crippen LogP contribution is -2.28. The topological polar surface area (TPSA) is 4.93 Å². The van der Waals surface area contributed by atoms with E-state index < -0.39 is 5.41 Å². The quantitative estimate of drug-likeness (QED) is 0.176. The molecule has 0 fully saturated rings. The van der Waals surface area contributed by atoms with Crippen LogP contribution in [-0.4, -0.2) is 4.57 Å². The van der Waals surface area contributed by atoms with Crippen LogP contribution in [0.2, 0.25) is 0 Å². The van der Waals surface area contributed by atoms with Crippen LogP contribution in [0.3, 0.4) is 0 Å². The molecule has 184 valence electrons. The van der Waals surface area contributed by atoms with Crippen molar-refractivity contribution in [1.29, 1.82) is 0 Å². The van der Waals surface area contributed by atoms with Crippen molar-refractivity contribution >= 4 is 44.4 Å². The minimum Gasteiger partial charge on any atom is -0.309 e. The van der Waals surface area contributed by atoms with E-state index in [9.17, 15) is 0 Å². The second-order valence-electron chi connectivity index (χ2n) is 10.3. The first-order valence-electron chi connectivity index (χ1n) is 13.3. The molecular weight excluding hydrogens is 585 g/mol. The van der Waals surface area contributed by atoms with E-state index >= 15 is 0 Å². The first-order valence-corrected chi connectivity index (χ1v) is 14.4. The summed E-state index contributed by atoms with van der Waals surface area (Å²) >= 11 is 2.38. The van der Waals surface area contributed by atoms with E-state index in [-0.39, 0.29) is 0 Å². The summed E-state index contributed by atoms with van der Waals surface area (Å²) in [4.78, 5) is 0. The number of hydrogen-bond acceptors (Lipinski definition) is 0. The Morgan fingerprint density at radius 3 is 1.79 bits per heavy atom. The van der Waals surface area contributed by atoms with Crippen molar-refractivity contribution < 1.29 is 0 Å². The normalized spacial score (nSPS) is 13.5. The van der Waals surface area contributed by atoms with E-state index in [1.165, 1.54) is 64.4 Å². The van der Waals surface area contributed by atoms with Gasteiger partial charge in [0.1, 0.15) is 0 Å². The Kier molecular flexibility index (Phi) is 5.08. The van der Waals surface area contributed by atoms with Crippen molar-refractivity contribution in [1.82, 2.24) is 4.57 Å². The average molecular weight is 610 g/mol. The maximum absolute atomic E-state index is 2.48. The zero-order chi connectivity index (χ0) is 26.0. The molecule has 0 saturated carbocycles. The van der Waals surface area contributed by atoms with Gasteiger partial charge in [0.15, 0.2) is 0 Å². The average Bonchev–Trinajstić information content (AvgIpc) is 3.48. The van der Waals surface area contributed by atoms with Gasteiger partial charge in [-0.25, -0.2) is 0 Å². The van der Waals surface area contributed by atoms with Crippen LogP contribution in [0, 0.1) is 3.57 Å². The summed E-state index contributed by atoms with van der Waals surface area (Å²) in [7, 11) is 0. The van der Waals surface area contributed by atoms with Crippen LogP contribution in [0.15, 0.2) is 146 Å². The van der Waals surface area contributed by atoms with E-state index in [1.807, 2.05) is 0 Å². The largest absolute Gasteiger partial charge is 0.309 e. The van der Waals surface area contributed by atoms with Crippen LogP contribution in [0.25, 0.3) is 38.6 Å². The zero-order valence-electron chi connectivity index (χ0n) is 21.2. The SMILES string of the molecule is Ic1ccc(-n2c3ccccc3c3cc4c(cc32)-c2ccccc2C4(c2ccccc2)c2ccccc2)cc1. The van der Waals surface area contributed by atoms with Gasteiger partial charge in [0, 0.05) is 20.0 Å². The third kappa shape index (κ3) is 3.18.